The lowest BCUT2D eigenvalue weighted by molar-refractivity contribution is -0.303. The van der Waals surface area contributed by atoms with Crippen LogP contribution in [0.15, 0.2) is 5.10 Å². The first-order valence-electron chi connectivity index (χ1n) is 5.33. The number of rotatable bonds is 2. The van der Waals surface area contributed by atoms with Gasteiger partial charge in [-0.1, -0.05) is 20.8 Å². The number of carbonyl (C=O) groups is 1. The molecule has 17 heavy (non-hydrogen) atoms. The van der Waals surface area contributed by atoms with E-state index in [0.29, 0.717) is 0 Å². The molecule has 0 fully saturated rings. The Morgan fingerprint density at radius 2 is 2.12 bits per heavy atom. The molecule has 1 heterocycles. The van der Waals surface area contributed by atoms with Crippen molar-refractivity contribution < 1.29 is 23.1 Å². The molecule has 4 nitrogen and oxygen atoms in total. The average molecular weight is 252 g/mol. The van der Waals surface area contributed by atoms with Crippen molar-refractivity contribution >= 4 is 11.6 Å². The maximum Gasteiger partial charge on any atom is 0.438 e. The van der Waals surface area contributed by atoms with Gasteiger partial charge in [0.1, 0.15) is 0 Å². The highest BCUT2D eigenvalue weighted by molar-refractivity contribution is 5.91. The van der Waals surface area contributed by atoms with Gasteiger partial charge in [-0.05, 0) is 6.42 Å². The molecule has 98 valence electrons. The zero-order valence-electron chi connectivity index (χ0n) is 9.88. The average Bonchev–Trinajstić information content (AvgIpc) is 2.55. The first-order valence-corrected chi connectivity index (χ1v) is 5.33. The first kappa shape index (κ1) is 14.0. The van der Waals surface area contributed by atoms with E-state index in [2.05, 4.69) is 5.10 Å². The number of carbonyl (C=O) groups excluding carboxylic acids is 1. The lowest BCUT2D eigenvalue weighted by atomic mass is 10.0. The molecule has 0 aromatic carbocycles. The fourth-order valence-corrected chi connectivity index (χ4v) is 1.51. The minimum atomic E-state index is -4.92. The number of halogens is 3. The predicted octanol–water partition coefficient (Wildman–Crippen LogP) is 1.89. The van der Waals surface area contributed by atoms with Crippen LogP contribution in [-0.2, 0) is 4.79 Å². The Balaban J connectivity index is 3.12. The highest BCUT2D eigenvalue weighted by atomic mass is 19.4. The molecule has 0 unspecified atom stereocenters. The Labute approximate surface area is 97.1 Å². The molecule has 0 aromatic rings. The molecule has 1 aliphatic heterocycles. The normalized spacial score (nSPS) is 25.4. The summed E-state index contributed by atoms with van der Waals surface area (Å²) in [6.07, 6.45) is -5.33. The van der Waals surface area contributed by atoms with E-state index >= 15 is 0 Å². The molecule has 0 spiro atoms. The molecule has 1 N–H and O–H groups in total. The second kappa shape index (κ2) is 4.29. The summed E-state index contributed by atoms with van der Waals surface area (Å²) in [4.78, 5) is 11.6. The van der Waals surface area contributed by atoms with Crippen LogP contribution in [-0.4, -0.2) is 33.6 Å². The van der Waals surface area contributed by atoms with Gasteiger partial charge in [-0.25, -0.2) is 0 Å². The predicted molar refractivity (Wildman–Crippen MR) is 55.0 cm³/mol. The summed E-state index contributed by atoms with van der Waals surface area (Å²) < 4.78 is 38.4. The standard InChI is InChI=1S/C10H15F3N2O2/c1-4-7-5-9(17,10(11,12)13)15(14-7)8(16)6(2)3/h6,17H,4-5H2,1-3H3/t9-/m0/s1. The van der Waals surface area contributed by atoms with E-state index in [1.54, 1.807) is 6.92 Å². The van der Waals surface area contributed by atoms with Crippen LogP contribution < -0.4 is 0 Å². The molecule has 7 heteroatoms. The summed E-state index contributed by atoms with van der Waals surface area (Å²) >= 11 is 0. The number of hydrogen-bond acceptors (Lipinski definition) is 3. The maximum absolute atomic E-state index is 12.8. The molecule has 1 rings (SSSR count). The zero-order valence-corrected chi connectivity index (χ0v) is 9.88. The Hall–Kier alpha value is -1.11. The van der Waals surface area contributed by atoms with Gasteiger partial charge in [-0.15, -0.1) is 0 Å². The molecule has 0 bridgehead atoms. The van der Waals surface area contributed by atoms with E-state index in [-0.39, 0.29) is 17.1 Å². The largest absolute Gasteiger partial charge is 0.438 e. The minimum absolute atomic E-state index is 0.166. The molecular formula is C10H15F3N2O2. The zero-order chi connectivity index (χ0) is 13.4. The summed E-state index contributed by atoms with van der Waals surface area (Å²) in [5, 5.41) is 13.4. The fraction of sp³-hybridized carbons (Fsp3) is 0.800. The minimum Gasteiger partial charge on any atom is -0.362 e. The number of alkyl halides is 3. The Morgan fingerprint density at radius 3 is 2.47 bits per heavy atom. The van der Waals surface area contributed by atoms with Crippen molar-refractivity contribution in [1.82, 2.24) is 5.01 Å². The van der Waals surface area contributed by atoms with Crippen molar-refractivity contribution in [2.45, 2.75) is 45.5 Å². The molecule has 0 saturated carbocycles. The summed E-state index contributed by atoms with van der Waals surface area (Å²) in [5.74, 6) is -1.50. The van der Waals surface area contributed by atoms with E-state index in [0.717, 1.165) is 0 Å². The van der Waals surface area contributed by atoms with Crippen molar-refractivity contribution in [1.29, 1.82) is 0 Å². The van der Waals surface area contributed by atoms with Crippen LogP contribution in [0.4, 0.5) is 13.2 Å². The van der Waals surface area contributed by atoms with Crippen LogP contribution in [0, 0.1) is 5.92 Å². The smallest absolute Gasteiger partial charge is 0.362 e. The van der Waals surface area contributed by atoms with Gasteiger partial charge in [0.05, 0.1) is 0 Å². The first-order chi connectivity index (χ1) is 7.63. The summed E-state index contributed by atoms with van der Waals surface area (Å²) in [7, 11) is 0. The number of hydrazone groups is 1. The van der Waals surface area contributed by atoms with E-state index in [1.165, 1.54) is 13.8 Å². The highest BCUT2D eigenvalue weighted by Crippen LogP contribution is 2.41. The molecule has 0 aliphatic carbocycles. The Kier molecular flexibility index (Phi) is 3.52. The van der Waals surface area contributed by atoms with Crippen LogP contribution in [0.25, 0.3) is 0 Å². The van der Waals surface area contributed by atoms with Gasteiger partial charge in [0, 0.05) is 18.1 Å². The SMILES string of the molecule is CCC1=NN(C(=O)C(C)C)[C@@](O)(C(F)(F)F)C1. The summed E-state index contributed by atoms with van der Waals surface area (Å²) in [5.41, 5.74) is -3.03. The third kappa shape index (κ3) is 2.29. The van der Waals surface area contributed by atoms with E-state index in [4.69, 9.17) is 0 Å². The van der Waals surface area contributed by atoms with Crippen molar-refractivity contribution in [3.05, 3.63) is 0 Å². The summed E-state index contributed by atoms with van der Waals surface area (Å²) in [6, 6.07) is 0. The van der Waals surface area contributed by atoms with E-state index in [1.807, 2.05) is 0 Å². The maximum atomic E-state index is 12.8. The van der Waals surface area contributed by atoms with Gasteiger partial charge < -0.3 is 5.11 Å². The van der Waals surface area contributed by atoms with Crippen LogP contribution in [0.1, 0.15) is 33.6 Å². The van der Waals surface area contributed by atoms with Gasteiger partial charge in [-0.3, -0.25) is 4.79 Å². The van der Waals surface area contributed by atoms with Crippen LogP contribution in [0.3, 0.4) is 0 Å². The van der Waals surface area contributed by atoms with Gasteiger partial charge in [-0.2, -0.15) is 23.3 Å². The second-order valence-electron chi connectivity index (χ2n) is 4.32. The van der Waals surface area contributed by atoms with Gasteiger partial charge in [0.2, 0.25) is 5.91 Å². The molecule has 1 atom stereocenters. The van der Waals surface area contributed by atoms with Crippen molar-refractivity contribution in [3.63, 3.8) is 0 Å². The molecule has 1 amide bonds. The molecule has 0 aromatic heterocycles. The molecule has 0 saturated heterocycles. The van der Waals surface area contributed by atoms with Gasteiger partial charge >= 0.3 is 6.18 Å². The topological polar surface area (TPSA) is 52.9 Å². The molecule has 0 radical (unpaired) electrons. The third-order valence-electron chi connectivity index (χ3n) is 2.61. The van der Waals surface area contributed by atoms with E-state index < -0.39 is 30.1 Å². The molecular weight excluding hydrogens is 237 g/mol. The third-order valence-corrected chi connectivity index (χ3v) is 2.61. The number of nitrogens with zero attached hydrogens (tertiary/aromatic N) is 2. The number of amides is 1. The van der Waals surface area contributed by atoms with Crippen molar-refractivity contribution in [2.24, 2.45) is 11.0 Å². The van der Waals surface area contributed by atoms with Crippen molar-refractivity contribution in [3.8, 4) is 0 Å². The summed E-state index contributed by atoms with van der Waals surface area (Å²) in [6.45, 7) is 4.54. The lowest BCUT2D eigenvalue weighted by Gasteiger charge is -2.33. The van der Waals surface area contributed by atoms with Gasteiger partial charge in [0.15, 0.2) is 0 Å². The number of aliphatic hydroxyl groups is 1. The van der Waals surface area contributed by atoms with Crippen LogP contribution >= 0.6 is 0 Å². The van der Waals surface area contributed by atoms with Crippen LogP contribution in [0.2, 0.25) is 0 Å². The quantitative estimate of drug-likeness (QED) is 0.816. The molecule has 1 aliphatic rings. The van der Waals surface area contributed by atoms with Crippen LogP contribution in [0.5, 0.6) is 0 Å². The van der Waals surface area contributed by atoms with E-state index in [9.17, 15) is 23.1 Å². The van der Waals surface area contributed by atoms with Crippen molar-refractivity contribution in [2.75, 3.05) is 0 Å². The Bertz CT molecular complexity index is 352. The highest BCUT2D eigenvalue weighted by Gasteiger charge is 2.63. The monoisotopic (exact) mass is 252 g/mol. The second-order valence-corrected chi connectivity index (χ2v) is 4.32. The fourth-order valence-electron chi connectivity index (χ4n) is 1.51. The lowest BCUT2D eigenvalue weighted by Crippen LogP contribution is -2.57. The number of hydrogen-bond donors (Lipinski definition) is 1. The Morgan fingerprint density at radius 1 is 1.59 bits per heavy atom. The van der Waals surface area contributed by atoms with Gasteiger partial charge in [0.25, 0.3) is 5.72 Å².